The van der Waals surface area contributed by atoms with Crippen molar-refractivity contribution in [2.45, 2.75) is 331 Å². The summed E-state index contributed by atoms with van der Waals surface area (Å²) in [4.78, 5) is 250. The Hall–Kier alpha value is -9.61. The molecule has 0 aromatic heterocycles. The number of likely N-dealkylation sites (tertiary alicyclic amines) is 1. The van der Waals surface area contributed by atoms with E-state index in [-0.39, 0.29) is 92.5 Å². The normalized spacial score (nSPS) is 21.2. The lowest BCUT2D eigenvalue weighted by Gasteiger charge is -2.30. The van der Waals surface area contributed by atoms with Crippen molar-refractivity contribution in [1.82, 2.24) is 57.7 Å². The highest BCUT2D eigenvalue weighted by Gasteiger charge is 2.43. The van der Waals surface area contributed by atoms with Gasteiger partial charge in [0, 0.05) is 74.6 Å². The summed E-state index contributed by atoms with van der Waals surface area (Å²) in [5, 5.41) is 72.8. The van der Waals surface area contributed by atoms with Crippen molar-refractivity contribution >= 4 is 118 Å². The van der Waals surface area contributed by atoms with Crippen molar-refractivity contribution in [3.8, 4) is 0 Å². The van der Waals surface area contributed by atoms with E-state index < -0.39 is 243 Å². The fourth-order valence-corrected chi connectivity index (χ4v) is 15.6. The molecule has 12 amide bonds. The summed E-state index contributed by atoms with van der Waals surface area (Å²) in [5.74, 6) is -21.6. The summed E-state index contributed by atoms with van der Waals surface area (Å²) >= 11 is 0.892. The van der Waals surface area contributed by atoms with Crippen molar-refractivity contribution in [3.05, 3.63) is 29.8 Å². The quantitative estimate of drug-likeness (QED) is 0.0411. The molecule has 0 radical (unpaired) electrons. The first kappa shape index (κ1) is 101. The van der Waals surface area contributed by atoms with E-state index >= 15 is 9.59 Å². The number of primary amides is 1. The van der Waals surface area contributed by atoms with Crippen LogP contribution in [0.4, 0.5) is 0 Å². The average Bonchev–Trinajstić information content (AvgIpc) is 1.74. The number of nitrogens with two attached hydrogens (primary N) is 1. The van der Waals surface area contributed by atoms with Crippen LogP contribution in [0.15, 0.2) is 29.2 Å². The second-order valence-electron chi connectivity index (χ2n) is 32.1. The molecule has 3 heterocycles. The number of unbranched alkanes of at least 4 members (excludes halogenated alkanes) is 14. The Bertz CT molecular complexity index is 3580. The maximum Gasteiger partial charge on any atom is 0.326 e. The van der Waals surface area contributed by atoms with Gasteiger partial charge in [0.2, 0.25) is 70.9 Å². The van der Waals surface area contributed by atoms with Crippen LogP contribution in [0, 0.1) is 17.8 Å². The first-order valence-corrected chi connectivity index (χ1v) is 42.9. The van der Waals surface area contributed by atoms with Crippen LogP contribution in [0.25, 0.3) is 0 Å². The maximum atomic E-state index is 15.2. The Kier molecular flexibility index (Phi) is 45.9. The number of ketones is 2. The standard InChI is InChI=1S/C82H128N12O23S/c1-7-8-9-10-11-12-13-14-15-16-17-18-19-20-21-27-54(96)28-23-32-67(99)86-59(41-49(2)3)76(110)87-56(33-36-66(83)98)65(97)45-53-43-52-26-22-29-55(44-52)118-48-62(77(111)90-60(42-50(4)5)80(114)94-40-25-31-64(94)82(116)117)91-74(108)57(34-37-69(101)102)85-68(100)47-84-79(113)72(51(6)95)92-75(109)58(35-38-70(103)104)88-78(112)63-30-24-39-93(63)81(115)61(46-71(105)106)89-73(53)107/h22,26,29,44,49-51,53,56-64,72,95H,7-21,23-25,27-28,30-43,45-48H2,1-6H3,(H2,83,98)(H,84,113)(H,85,100)(H,86,99)(H,87,110)(H,88,112)(H,89,107)(H,90,111)(H,91,108)(H,92,109)(H,101,102)(H,103,104)(H,105,106)(H,116,117)/t51-,53-,56+,57+,58+,59+,60+,61+,62+,63+,64+,72+/m1/s1. The average molecular weight is 1680 g/mol. The van der Waals surface area contributed by atoms with Crippen LogP contribution in [0.3, 0.4) is 0 Å². The summed E-state index contributed by atoms with van der Waals surface area (Å²) in [6, 6.07) is -10.3. The zero-order valence-electron chi connectivity index (χ0n) is 69.2. The number of carboxylic acid groups (broad SMARTS) is 4. The molecule has 1 aromatic rings. The zero-order chi connectivity index (χ0) is 87.6. The van der Waals surface area contributed by atoms with Crippen molar-refractivity contribution in [1.29, 1.82) is 0 Å². The Morgan fingerprint density at radius 1 is 0.568 bits per heavy atom. The Labute approximate surface area is 694 Å². The van der Waals surface area contributed by atoms with E-state index in [0.29, 0.717) is 12.8 Å². The van der Waals surface area contributed by atoms with E-state index in [0.717, 1.165) is 60.6 Å². The van der Waals surface area contributed by atoms with E-state index in [1.165, 1.54) is 88.5 Å². The van der Waals surface area contributed by atoms with Gasteiger partial charge in [-0.1, -0.05) is 137 Å². The van der Waals surface area contributed by atoms with Crippen LogP contribution in [0.2, 0.25) is 0 Å². The van der Waals surface area contributed by atoms with E-state index in [1.54, 1.807) is 27.7 Å². The molecule has 3 aliphatic rings. The van der Waals surface area contributed by atoms with Gasteiger partial charge < -0.3 is 88.9 Å². The number of nitrogens with one attached hydrogen (secondary N) is 9. The van der Waals surface area contributed by atoms with Gasteiger partial charge >= 0.3 is 23.9 Å². The third-order valence-electron chi connectivity index (χ3n) is 20.9. The van der Waals surface area contributed by atoms with Crippen LogP contribution >= 0.6 is 11.8 Å². The fraction of sp³-hybridized carbons (Fsp3) is 0.707. The third kappa shape index (κ3) is 38.0. The fourth-order valence-electron chi connectivity index (χ4n) is 14.6. The van der Waals surface area contributed by atoms with Crippen LogP contribution in [-0.2, 0) is 92.7 Å². The number of fused-ring (bicyclic) bond motifs is 3. The van der Waals surface area contributed by atoms with E-state index in [9.17, 15) is 102 Å². The number of benzene rings is 1. The second-order valence-corrected chi connectivity index (χ2v) is 33.2. The summed E-state index contributed by atoms with van der Waals surface area (Å²) in [6.45, 7) is 9.07. The summed E-state index contributed by atoms with van der Waals surface area (Å²) in [5.41, 5.74) is 5.86. The van der Waals surface area contributed by atoms with Crippen LogP contribution < -0.4 is 53.6 Å². The first-order chi connectivity index (χ1) is 56.0. The molecular formula is C82H128N12O23S. The van der Waals surface area contributed by atoms with E-state index in [2.05, 4.69) is 54.8 Å². The molecule has 2 bridgehead atoms. The molecule has 0 unspecified atom stereocenters. The molecule has 118 heavy (non-hydrogen) atoms. The monoisotopic (exact) mass is 1680 g/mol. The largest absolute Gasteiger partial charge is 0.481 e. The molecular weight excluding hydrogens is 1550 g/mol. The van der Waals surface area contributed by atoms with Gasteiger partial charge in [-0.2, -0.15) is 0 Å². The molecule has 3 aliphatic heterocycles. The highest BCUT2D eigenvalue weighted by atomic mass is 32.2. The highest BCUT2D eigenvalue weighted by Crippen LogP contribution is 2.28. The molecule has 0 saturated carbocycles. The number of nitrogens with zero attached hydrogens (tertiary/aromatic N) is 2. The highest BCUT2D eigenvalue weighted by molar-refractivity contribution is 7.99. The van der Waals surface area contributed by atoms with Gasteiger partial charge in [0.05, 0.1) is 25.1 Å². The van der Waals surface area contributed by atoms with Gasteiger partial charge in [-0.15, -0.1) is 11.8 Å². The topological polar surface area (TPSA) is 549 Å². The lowest BCUT2D eigenvalue weighted by molar-refractivity contribution is -0.149. The van der Waals surface area contributed by atoms with Crippen molar-refractivity contribution in [3.63, 3.8) is 0 Å². The van der Waals surface area contributed by atoms with Crippen molar-refractivity contribution < 1.29 is 112 Å². The number of carboxylic acids is 4. The second kappa shape index (κ2) is 53.7. The Morgan fingerprint density at radius 3 is 1.71 bits per heavy atom. The molecule has 35 nitrogen and oxygen atoms in total. The van der Waals surface area contributed by atoms with Gasteiger partial charge in [0.1, 0.15) is 60.2 Å². The van der Waals surface area contributed by atoms with Crippen LogP contribution in [0.5, 0.6) is 0 Å². The number of Topliss-reactive ketones (excluding diaryl/α,β-unsaturated/α-hetero) is 2. The lowest BCUT2D eigenvalue weighted by Crippen LogP contribution is -2.60. The summed E-state index contributed by atoms with van der Waals surface area (Å²) in [6.07, 6.45) is 10.7. The summed E-state index contributed by atoms with van der Waals surface area (Å²) in [7, 11) is 0. The van der Waals surface area contributed by atoms with Gasteiger partial charge in [0.15, 0.2) is 5.78 Å². The number of hydrogen-bond donors (Lipinski definition) is 15. The molecule has 2 saturated heterocycles. The van der Waals surface area contributed by atoms with Gasteiger partial charge in [0.25, 0.3) is 0 Å². The van der Waals surface area contributed by atoms with Gasteiger partial charge in [-0.25, -0.2) is 4.79 Å². The number of aliphatic carboxylic acids is 4. The molecule has 12 atom stereocenters. The number of thioether (sulfide) groups is 1. The molecule has 1 aromatic carbocycles. The molecule has 4 rings (SSSR count). The SMILES string of the molecule is CCCCCCCCCCCCCCCCCC(=O)CCCC(=O)N[C@@H](CC(C)C)C(=O)N[C@@H](CCC(N)=O)C(=O)C[C@H]1Cc2cccc(c2)SC[C@@H](C(=O)N[C@@H](CC(C)C)C(=O)N2CCC[C@H]2C(=O)O)NC(=O)[C@H](CCC(=O)O)NC(=O)CNC(=O)[C@H]([C@@H](C)O)NC(=O)[C@H](CCC(=O)O)NC(=O)[C@@H]2CCCN2C(=O)[C@H](CC(=O)O)NC1=O. The predicted molar refractivity (Wildman–Crippen MR) is 433 cm³/mol. The molecule has 660 valence electrons. The first-order valence-electron chi connectivity index (χ1n) is 41.9. The number of aliphatic hydroxyl groups excluding tert-OH is 1. The van der Waals surface area contributed by atoms with Gasteiger partial charge in [-0.05, 0) is 114 Å². The number of hydrogen-bond acceptors (Lipinski definition) is 20. The third-order valence-corrected chi connectivity index (χ3v) is 22.0. The summed E-state index contributed by atoms with van der Waals surface area (Å²) < 4.78 is 0. The van der Waals surface area contributed by atoms with Gasteiger partial charge in [-0.3, -0.25) is 81.5 Å². The minimum atomic E-state index is -2.02. The number of aliphatic hydroxyl groups is 1. The van der Waals surface area contributed by atoms with E-state index in [1.807, 2.05) is 0 Å². The van der Waals surface area contributed by atoms with Crippen LogP contribution in [-0.4, -0.2) is 234 Å². The van der Waals surface area contributed by atoms with Crippen molar-refractivity contribution in [2.75, 3.05) is 25.4 Å². The zero-order valence-corrected chi connectivity index (χ0v) is 70.0. The predicted octanol–water partition coefficient (Wildman–Crippen LogP) is 3.92. The Morgan fingerprint density at radius 2 is 1.14 bits per heavy atom. The number of amides is 12. The Balaban J connectivity index is 1.77. The maximum absolute atomic E-state index is 15.2. The van der Waals surface area contributed by atoms with Crippen molar-refractivity contribution in [2.24, 2.45) is 23.5 Å². The molecule has 0 aliphatic carbocycles. The lowest BCUT2D eigenvalue weighted by atomic mass is 9.89. The minimum Gasteiger partial charge on any atom is -0.481 e. The minimum absolute atomic E-state index is 0.00527. The molecule has 16 N–H and O–H groups in total. The molecule has 36 heteroatoms. The smallest absolute Gasteiger partial charge is 0.326 e. The van der Waals surface area contributed by atoms with E-state index in [4.69, 9.17) is 5.73 Å². The number of carbonyl (C=O) groups is 18. The molecule has 2 fully saturated rings. The molecule has 0 spiro atoms. The number of rotatable bonds is 46. The number of carbonyl (C=O) groups excluding carboxylic acids is 14. The van der Waals surface area contributed by atoms with Crippen LogP contribution in [0.1, 0.15) is 259 Å².